The van der Waals surface area contributed by atoms with Gasteiger partial charge in [0.15, 0.2) is 24.7 Å². The van der Waals surface area contributed by atoms with Gasteiger partial charge in [-0.25, -0.2) is 9.36 Å². The maximum absolute atomic E-state index is 13.0. The third-order valence-electron chi connectivity index (χ3n) is 7.33. The average Bonchev–Trinajstić information content (AvgIpc) is 2.94. The van der Waals surface area contributed by atoms with Crippen molar-refractivity contribution in [2.45, 2.75) is 45.6 Å². The number of ketones is 2. The summed E-state index contributed by atoms with van der Waals surface area (Å²) in [6.45, 7) is 7.53. The molecule has 0 saturated carbocycles. The van der Waals surface area contributed by atoms with Gasteiger partial charge in [0.25, 0.3) is 0 Å². The number of nitrogens with zero attached hydrogens (tertiary/aromatic N) is 1. The van der Waals surface area contributed by atoms with E-state index < -0.39 is 23.3 Å². The van der Waals surface area contributed by atoms with Gasteiger partial charge in [-0.2, -0.15) is 0 Å². The van der Waals surface area contributed by atoms with Gasteiger partial charge in [-0.15, -0.1) is 0 Å². The topological polar surface area (TPSA) is 105 Å². The molecule has 0 fully saturated rings. The molecule has 1 heterocycles. The van der Waals surface area contributed by atoms with E-state index in [-0.39, 0.29) is 45.6 Å². The zero-order chi connectivity index (χ0) is 29.3. The molecule has 1 aliphatic carbocycles. The first-order valence-corrected chi connectivity index (χ1v) is 13.6. The normalized spacial score (nSPS) is 12.6. The number of carbonyl (C=O) groups excluding carboxylic acids is 3. The Bertz CT molecular complexity index is 1650. The van der Waals surface area contributed by atoms with E-state index in [2.05, 4.69) is 49.6 Å². The molecule has 0 radical (unpaired) electrons. The van der Waals surface area contributed by atoms with Gasteiger partial charge in [-0.1, -0.05) is 57.2 Å². The molecule has 41 heavy (non-hydrogen) atoms. The number of ether oxygens (including phenoxy) is 1. The van der Waals surface area contributed by atoms with E-state index >= 15 is 0 Å². The fraction of sp³-hybridized carbons (Fsp3) is 0.235. The van der Waals surface area contributed by atoms with Gasteiger partial charge in [-0.05, 0) is 47.6 Å². The number of hydrogen-bond donors (Lipinski definition) is 2. The summed E-state index contributed by atoms with van der Waals surface area (Å²) in [5.41, 5.74) is 3.28. The molecule has 1 aliphatic rings. The van der Waals surface area contributed by atoms with Crippen molar-refractivity contribution in [3.63, 3.8) is 0 Å². The summed E-state index contributed by atoms with van der Waals surface area (Å²) in [7, 11) is 0. The highest BCUT2D eigenvalue weighted by Crippen LogP contribution is 2.37. The lowest BCUT2D eigenvalue weighted by molar-refractivity contribution is -0.688. The van der Waals surface area contributed by atoms with Crippen LogP contribution in [-0.4, -0.2) is 34.4 Å². The number of rotatable bonds is 7. The van der Waals surface area contributed by atoms with Crippen molar-refractivity contribution in [1.82, 2.24) is 0 Å². The number of esters is 1. The molecule has 0 saturated heterocycles. The molecular weight excluding hydrogens is 518 g/mol. The Labute approximate surface area is 238 Å². The number of carbonyl (C=O) groups is 3. The van der Waals surface area contributed by atoms with Gasteiger partial charge >= 0.3 is 5.97 Å². The second-order valence-corrected chi connectivity index (χ2v) is 11.3. The van der Waals surface area contributed by atoms with Gasteiger partial charge in [-0.3, -0.25) is 9.59 Å². The number of fused-ring (bicyclic) bond motifs is 2. The molecule has 0 aliphatic heterocycles. The predicted molar refractivity (Wildman–Crippen MR) is 153 cm³/mol. The highest BCUT2D eigenvalue weighted by Gasteiger charge is 2.35. The van der Waals surface area contributed by atoms with Crippen LogP contribution in [-0.2, 0) is 23.1 Å². The molecule has 5 rings (SSSR count). The van der Waals surface area contributed by atoms with Gasteiger partial charge in [0.1, 0.15) is 11.5 Å². The first-order chi connectivity index (χ1) is 19.5. The summed E-state index contributed by atoms with van der Waals surface area (Å²) >= 11 is 0. The highest BCUT2D eigenvalue weighted by atomic mass is 16.5. The number of aromatic hydroxyl groups is 2. The van der Waals surface area contributed by atoms with Crippen LogP contribution in [0.5, 0.6) is 11.5 Å². The molecule has 7 heteroatoms. The lowest BCUT2D eigenvalue weighted by atomic mass is 9.82. The largest absolute Gasteiger partial charge is 0.507 e. The molecule has 0 spiro atoms. The first-order valence-electron chi connectivity index (χ1n) is 13.6. The average molecular weight is 551 g/mol. The van der Waals surface area contributed by atoms with Crippen molar-refractivity contribution in [2.24, 2.45) is 0 Å². The van der Waals surface area contributed by atoms with Crippen LogP contribution in [0.4, 0.5) is 0 Å². The minimum Gasteiger partial charge on any atom is -0.507 e. The predicted octanol–water partition coefficient (Wildman–Crippen LogP) is 5.30. The lowest BCUT2D eigenvalue weighted by Crippen LogP contribution is -2.33. The van der Waals surface area contributed by atoms with Crippen LogP contribution in [0.1, 0.15) is 86.1 Å². The molecule has 1 aromatic heterocycles. The molecule has 0 bridgehead atoms. The summed E-state index contributed by atoms with van der Waals surface area (Å²) in [4.78, 5) is 38.6. The maximum atomic E-state index is 13.0. The number of aryl methyl sites for hydroxylation is 1. The standard InChI is InChI=1S/C34H31NO6/c1-34(2,3)24-11-9-22(10-12-24)20-35-15-13-21(14-16-35)6-5-17-41-33(40)23-18-26-30(28(37)19-23)32(39)29-25(31(26)38)7-4-8-27(29)36/h4,7-16,18-19H,5-6,17,20H2,1-3H3,(H-,36,37,39)/p+1. The number of pyridine rings is 1. The first kappa shape index (κ1) is 27.8. The highest BCUT2D eigenvalue weighted by molar-refractivity contribution is 6.30. The fourth-order valence-corrected chi connectivity index (χ4v) is 5.01. The molecule has 0 amide bonds. The van der Waals surface area contributed by atoms with Gasteiger partial charge in [0.05, 0.1) is 23.3 Å². The Hall–Kier alpha value is -4.78. The summed E-state index contributed by atoms with van der Waals surface area (Å²) in [5.74, 6) is -2.78. The zero-order valence-electron chi connectivity index (χ0n) is 23.3. The van der Waals surface area contributed by atoms with E-state index in [0.717, 1.165) is 18.2 Å². The van der Waals surface area contributed by atoms with Crippen LogP contribution in [0.3, 0.4) is 0 Å². The monoisotopic (exact) mass is 550 g/mol. The Morgan fingerprint density at radius 1 is 0.805 bits per heavy atom. The van der Waals surface area contributed by atoms with Crippen molar-refractivity contribution in [1.29, 1.82) is 0 Å². The molecule has 7 nitrogen and oxygen atoms in total. The van der Waals surface area contributed by atoms with E-state index in [0.29, 0.717) is 12.8 Å². The fourth-order valence-electron chi connectivity index (χ4n) is 5.01. The molecular formula is C34H32NO6+. The second-order valence-electron chi connectivity index (χ2n) is 11.3. The third kappa shape index (κ3) is 5.75. The minimum absolute atomic E-state index is 0.0232. The molecule has 2 N–H and O–H groups in total. The molecule has 208 valence electrons. The Morgan fingerprint density at radius 3 is 2.17 bits per heavy atom. The van der Waals surface area contributed by atoms with E-state index in [1.165, 1.54) is 35.4 Å². The van der Waals surface area contributed by atoms with E-state index in [1.807, 2.05) is 24.5 Å². The number of aromatic nitrogens is 1. The molecule has 0 unspecified atom stereocenters. The van der Waals surface area contributed by atoms with Crippen molar-refractivity contribution < 1.29 is 33.9 Å². The Morgan fingerprint density at radius 2 is 1.49 bits per heavy atom. The second kappa shape index (κ2) is 11.0. The quantitative estimate of drug-likeness (QED) is 0.162. The van der Waals surface area contributed by atoms with Crippen LogP contribution < -0.4 is 4.57 Å². The van der Waals surface area contributed by atoms with Crippen molar-refractivity contribution in [3.8, 4) is 11.5 Å². The number of hydrogen-bond acceptors (Lipinski definition) is 6. The molecule has 4 aromatic rings. The smallest absolute Gasteiger partial charge is 0.338 e. The Balaban J connectivity index is 1.16. The van der Waals surface area contributed by atoms with E-state index in [1.54, 1.807) is 0 Å². The van der Waals surface area contributed by atoms with Crippen molar-refractivity contribution in [2.75, 3.05) is 6.61 Å². The summed E-state index contributed by atoms with van der Waals surface area (Å²) in [6, 6.07) is 19.3. The summed E-state index contributed by atoms with van der Waals surface area (Å²) in [6.07, 6.45) is 5.36. The van der Waals surface area contributed by atoms with E-state index in [9.17, 15) is 24.6 Å². The van der Waals surface area contributed by atoms with Crippen LogP contribution >= 0.6 is 0 Å². The maximum Gasteiger partial charge on any atom is 0.338 e. The van der Waals surface area contributed by atoms with Crippen LogP contribution in [0.25, 0.3) is 0 Å². The number of benzene rings is 3. The van der Waals surface area contributed by atoms with Gasteiger partial charge < -0.3 is 14.9 Å². The third-order valence-corrected chi connectivity index (χ3v) is 7.33. The van der Waals surface area contributed by atoms with E-state index in [4.69, 9.17) is 4.74 Å². The van der Waals surface area contributed by atoms with Gasteiger partial charge in [0.2, 0.25) is 5.78 Å². The van der Waals surface area contributed by atoms with Crippen LogP contribution in [0.2, 0.25) is 0 Å². The molecule has 0 atom stereocenters. The van der Waals surface area contributed by atoms with Crippen molar-refractivity contribution in [3.05, 3.63) is 124 Å². The SMILES string of the molecule is CC(C)(C)c1ccc(C[n+]2ccc(CCCOC(=O)c3cc(O)c4c(c3)C(=O)c3cccc(O)c3C4=O)cc2)cc1. The minimum atomic E-state index is -0.701. The summed E-state index contributed by atoms with van der Waals surface area (Å²) < 4.78 is 7.51. The van der Waals surface area contributed by atoms with Gasteiger partial charge in [0, 0.05) is 28.8 Å². The van der Waals surface area contributed by atoms with Crippen LogP contribution in [0, 0.1) is 0 Å². The number of phenolic OH excluding ortho intramolecular Hbond substituents is 2. The Kier molecular flexibility index (Phi) is 7.45. The summed E-state index contributed by atoms with van der Waals surface area (Å²) in [5, 5.41) is 20.6. The molecule has 3 aromatic carbocycles. The zero-order valence-corrected chi connectivity index (χ0v) is 23.3. The van der Waals surface area contributed by atoms with Crippen molar-refractivity contribution >= 4 is 17.5 Å². The number of phenols is 2. The van der Waals surface area contributed by atoms with Crippen LogP contribution in [0.15, 0.2) is 79.1 Å². The lowest BCUT2D eigenvalue weighted by Gasteiger charge is -2.19.